The molecule has 0 atom stereocenters. The van der Waals surface area contributed by atoms with Crippen molar-refractivity contribution in [3.8, 4) is 11.3 Å². The molecule has 1 aromatic carbocycles. The van der Waals surface area contributed by atoms with Gasteiger partial charge in [-0.3, -0.25) is 5.01 Å². The minimum absolute atomic E-state index is 0.491. The molecule has 0 spiro atoms. The molecule has 1 fully saturated rings. The highest BCUT2D eigenvalue weighted by molar-refractivity contribution is 6.43. The van der Waals surface area contributed by atoms with Gasteiger partial charge in [0.2, 0.25) is 0 Å². The highest BCUT2D eigenvalue weighted by atomic mass is 35.5. The molecule has 1 aromatic heterocycles. The van der Waals surface area contributed by atoms with Gasteiger partial charge in [-0.05, 0) is 24.3 Å². The van der Waals surface area contributed by atoms with Crippen LogP contribution in [0.3, 0.4) is 0 Å². The predicted molar refractivity (Wildman–Crippen MR) is 84.2 cm³/mol. The van der Waals surface area contributed by atoms with Crippen LogP contribution in [0.15, 0.2) is 39.9 Å². The van der Waals surface area contributed by atoms with Gasteiger partial charge in [0.1, 0.15) is 11.5 Å². The molecule has 0 N–H and O–H groups in total. The van der Waals surface area contributed by atoms with Crippen molar-refractivity contribution in [1.82, 2.24) is 5.01 Å². The summed E-state index contributed by atoms with van der Waals surface area (Å²) < 4.78 is 11.0. The highest BCUT2D eigenvalue weighted by Crippen LogP contribution is 2.34. The van der Waals surface area contributed by atoms with Crippen LogP contribution in [0, 0.1) is 0 Å². The van der Waals surface area contributed by atoms with E-state index in [0.717, 1.165) is 18.7 Å². The summed E-state index contributed by atoms with van der Waals surface area (Å²) in [5, 5.41) is 7.33. The molecule has 4 nitrogen and oxygen atoms in total. The van der Waals surface area contributed by atoms with E-state index in [4.69, 9.17) is 32.4 Å². The molecule has 3 rings (SSSR count). The van der Waals surface area contributed by atoms with Crippen molar-refractivity contribution >= 4 is 29.4 Å². The molecule has 1 aliphatic heterocycles. The fourth-order valence-corrected chi connectivity index (χ4v) is 2.46. The molecule has 0 bridgehead atoms. The summed E-state index contributed by atoms with van der Waals surface area (Å²) in [6.07, 6.45) is 1.70. The number of benzene rings is 1. The lowest BCUT2D eigenvalue weighted by Crippen LogP contribution is -2.32. The Bertz CT molecular complexity index is 649. The summed E-state index contributed by atoms with van der Waals surface area (Å²) in [5.41, 5.74) is 0.773. The second kappa shape index (κ2) is 6.52. The van der Waals surface area contributed by atoms with Gasteiger partial charge >= 0.3 is 0 Å². The molecule has 110 valence electrons. The van der Waals surface area contributed by atoms with Crippen molar-refractivity contribution in [3.63, 3.8) is 0 Å². The average molecular weight is 325 g/mol. The SMILES string of the molecule is Clc1cccc(-c2ccc(/C=N\N3CCOCC3)o2)c1Cl. The third-order valence-corrected chi connectivity index (χ3v) is 4.00. The number of halogens is 2. The quantitative estimate of drug-likeness (QED) is 0.803. The standard InChI is InChI=1S/C15H14Cl2N2O2/c16-13-3-1-2-12(15(13)17)14-5-4-11(21-14)10-18-19-6-8-20-9-7-19/h1-5,10H,6-9H2/b18-10-. The van der Waals surface area contributed by atoms with Crippen LogP contribution in [0.25, 0.3) is 11.3 Å². The van der Waals surface area contributed by atoms with Gasteiger partial charge in [0.15, 0.2) is 0 Å². The van der Waals surface area contributed by atoms with Gasteiger partial charge in [-0.2, -0.15) is 5.10 Å². The number of hydrogen-bond donors (Lipinski definition) is 0. The molecular formula is C15H14Cl2N2O2. The van der Waals surface area contributed by atoms with Crippen molar-refractivity contribution in [1.29, 1.82) is 0 Å². The first-order chi connectivity index (χ1) is 10.2. The van der Waals surface area contributed by atoms with E-state index in [1.165, 1.54) is 0 Å². The average Bonchev–Trinajstić information content (AvgIpc) is 2.98. The fourth-order valence-electron chi connectivity index (χ4n) is 2.07. The van der Waals surface area contributed by atoms with E-state index in [2.05, 4.69) is 5.10 Å². The fraction of sp³-hybridized carbons (Fsp3) is 0.267. The molecular weight excluding hydrogens is 311 g/mol. The Morgan fingerprint density at radius 2 is 1.90 bits per heavy atom. The Morgan fingerprint density at radius 1 is 1.10 bits per heavy atom. The van der Waals surface area contributed by atoms with Crippen LogP contribution < -0.4 is 0 Å². The van der Waals surface area contributed by atoms with Crippen molar-refractivity contribution in [2.75, 3.05) is 26.3 Å². The lowest BCUT2D eigenvalue weighted by Gasteiger charge is -2.23. The zero-order valence-corrected chi connectivity index (χ0v) is 12.8. The summed E-state index contributed by atoms with van der Waals surface area (Å²) >= 11 is 12.2. The number of hydrazone groups is 1. The van der Waals surface area contributed by atoms with E-state index in [0.29, 0.717) is 34.8 Å². The van der Waals surface area contributed by atoms with Crippen LogP contribution >= 0.6 is 23.2 Å². The summed E-state index contributed by atoms with van der Waals surface area (Å²) in [6.45, 7) is 3.01. The van der Waals surface area contributed by atoms with Gasteiger partial charge in [-0.25, -0.2) is 0 Å². The van der Waals surface area contributed by atoms with Gasteiger partial charge in [-0.1, -0.05) is 29.3 Å². The molecule has 1 saturated heterocycles. The van der Waals surface area contributed by atoms with Crippen molar-refractivity contribution in [3.05, 3.63) is 46.1 Å². The van der Waals surface area contributed by atoms with E-state index < -0.39 is 0 Å². The van der Waals surface area contributed by atoms with Gasteiger partial charge in [-0.15, -0.1) is 0 Å². The Kier molecular flexibility index (Phi) is 4.48. The summed E-state index contributed by atoms with van der Waals surface area (Å²) in [6, 6.07) is 9.18. The lowest BCUT2D eigenvalue weighted by atomic mass is 10.2. The molecule has 0 amide bonds. The molecule has 0 radical (unpaired) electrons. The molecule has 0 unspecified atom stereocenters. The van der Waals surface area contributed by atoms with E-state index in [9.17, 15) is 0 Å². The second-order valence-electron chi connectivity index (χ2n) is 4.61. The molecule has 2 heterocycles. The second-order valence-corrected chi connectivity index (χ2v) is 5.40. The van der Waals surface area contributed by atoms with Crippen molar-refractivity contribution in [2.24, 2.45) is 5.10 Å². The van der Waals surface area contributed by atoms with Crippen LogP contribution in [0.4, 0.5) is 0 Å². The maximum Gasteiger partial charge on any atom is 0.147 e. The third kappa shape index (κ3) is 3.40. The van der Waals surface area contributed by atoms with E-state index in [1.807, 2.05) is 29.3 Å². The highest BCUT2D eigenvalue weighted by Gasteiger charge is 2.11. The van der Waals surface area contributed by atoms with Crippen molar-refractivity contribution < 1.29 is 9.15 Å². The van der Waals surface area contributed by atoms with Gasteiger partial charge in [0, 0.05) is 5.56 Å². The summed E-state index contributed by atoms with van der Waals surface area (Å²) in [4.78, 5) is 0. The molecule has 0 aliphatic carbocycles. The van der Waals surface area contributed by atoms with Gasteiger partial charge in [0.05, 0.1) is 42.6 Å². The minimum Gasteiger partial charge on any atom is -0.455 e. The molecule has 2 aromatic rings. The maximum atomic E-state index is 6.19. The Morgan fingerprint density at radius 3 is 2.71 bits per heavy atom. The molecule has 1 aliphatic rings. The van der Waals surface area contributed by atoms with Crippen LogP contribution in [-0.4, -0.2) is 37.5 Å². The third-order valence-electron chi connectivity index (χ3n) is 3.18. The molecule has 0 saturated carbocycles. The minimum atomic E-state index is 0.491. The number of furan rings is 1. The normalized spacial score (nSPS) is 15.8. The first-order valence-electron chi connectivity index (χ1n) is 6.65. The van der Waals surface area contributed by atoms with E-state index >= 15 is 0 Å². The van der Waals surface area contributed by atoms with Gasteiger partial charge < -0.3 is 9.15 Å². The smallest absolute Gasteiger partial charge is 0.147 e. The Balaban J connectivity index is 1.77. The zero-order chi connectivity index (χ0) is 14.7. The van der Waals surface area contributed by atoms with E-state index in [-0.39, 0.29) is 0 Å². The number of hydrogen-bond acceptors (Lipinski definition) is 4. The number of morpholine rings is 1. The summed E-state index contributed by atoms with van der Waals surface area (Å²) in [5.74, 6) is 1.35. The summed E-state index contributed by atoms with van der Waals surface area (Å²) in [7, 11) is 0. The molecule has 21 heavy (non-hydrogen) atoms. The van der Waals surface area contributed by atoms with Crippen molar-refractivity contribution in [2.45, 2.75) is 0 Å². The topological polar surface area (TPSA) is 38.0 Å². The predicted octanol–water partition coefficient (Wildman–Crippen LogP) is 3.92. The number of rotatable bonds is 3. The largest absolute Gasteiger partial charge is 0.455 e. The monoisotopic (exact) mass is 324 g/mol. The lowest BCUT2D eigenvalue weighted by molar-refractivity contribution is 0.0396. The zero-order valence-electron chi connectivity index (χ0n) is 11.3. The first kappa shape index (κ1) is 14.4. The number of nitrogens with zero attached hydrogens (tertiary/aromatic N) is 2. The van der Waals surface area contributed by atoms with Crippen LogP contribution in [0.1, 0.15) is 5.76 Å². The first-order valence-corrected chi connectivity index (χ1v) is 7.40. The van der Waals surface area contributed by atoms with Crippen LogP contribution in [0.5, 0.6) is 0 Å². The Hall–Kier alpha value is -1.49. The molecule has 6 heteroatoms. The maximum absolute atomic E-state index is 6.19. The van der Waals surface area contributed by atoms with Crippen LogP contribution in [0.2, 0.25) is 10.0 Å². The van der Waals surface area contributed by atoms with Gasteiger partial charge in [0.25, 0.3) is 0 Å². The Labute approximate surface area is 132 Å². The van der Waals surface area contributed by atoms with E-state index in [1.54, 1.807) is 12.3 Å². The number of ether oxygens (including phenoxy) is 1. The van der Waals surface area contributed by atoms with Crippen LogP contribution in [-0.2, 0) is 4.74 Å².